The van der Waals surface area contributed by atoms with Crippen molar-refractivity contribution in [2.45, 2.75) is 46.2 Å². The summed E-state index contributed by atoms with van der Waals surface area (Å²) < 4.78 is 10.5. The summed E-state index contributed by atoms with van der Waals surface area (Å²) in [6.07, 6.45) is 0. The third-order valence-electron chi connectivity index (χ3n) is 6.96. The van der Waals surface area contributed by atoms with E-state index in [1.165, 1.54) is 12.0 Å². The molecule has 1 saturated heterocycles. The average Bonchev–Trinajstić information content (AvgIpc) is 3.18. The van der Waals surface area contributed by atoms with Gasteiger partial charge in [-0.3, -0.25) is 9.59 Å². The molecule has 0 saturated carbocycles. The van der Waals surface area contributed by atoms with Crippen LogP contribution in [-0.2, 0) is 20.9 Å². The standard InChI is InChI=1S/C32H33NO6/c1-6-39-26-16-15-23(17-25(26)19(2)3)29(34)27-28(24-10-8-7-9-20(24)4)33(31(36)30(27)35)18-21-11-13-22(14-12-21)32(37)38-5/h7-17,19,28,34H,6,18H2,1-5H3/b29-27+. The van der Waals surface area contributed by atoms with Gasteiger partial charge < -0.3 is 19.5 Å². The number of benzene rings is 3. The number of methoxy groups -OCH3 is 1. The number of aliphatic hydroxyl groups excluding tert-OH is 1. The molecule has 39 heavy (non-hydrogen) atoms. The number of aryl methyl sites for hydroxylation is 1. The van der Waals surface area contributed by atoms with Gasteiger partial charge in [0, 0.05) is 12.1 Å². The quantitative estimate of drug-likeness (QED) is 0.169. The van der Waals surface area contributed by atoms with E-state index in [1.807, 2.05) is 58.0 Å². The number of rotatable bonds is 8. The first-order valence-electron chi connectivity index (χ1n) is 13.0. The van der Waals surface area contributed by atoms with Crippen LogP contribution in [0.3, 0.4) is 0 Å². The molecule has 0 spiro atoms. The molecule has 202 valence electrons. The average molecular weight is 528 g/mol. The molecule has 1 N–H and O–H groups in total. The zero-order chi connectivity index (χ0) is 28.3. The molecule has 1 heterocycles. The first-order chi connectivity index (χ1) is 18.7. The number of ketones is 1. The van der Waals surface area contributed by atoms with Crippen molar-refractivity contribution in [1.82, 2.24) is 4.90 Å². The van der Waals surface area contributed by atoms with E-state index in [2.05, 4.69) is 0 Å². The highest BCUT2D eigenvalue weighted by molar-refractivity contribution is 6.46. The Balaban J connectivity index is 1.83. The molecule has 1 aliphatic heterocycles. The van der Waals surface area contributed by atoms with Gasteiger partial charge in [0.2, 0.25) is 0 Å². The van der Waals surface area contributed by atoms with Gasteiger partial charge in [0.1, 0.15) is 11.5 Å². The van der Waals surface area contributed by atoms with E-state index in [0.29, 0.717) is 17.7 Å². The number of carbonyl (C=O) groups is 3. The smallest absolute Gasteiger partial charge is 0.337 e. The van der Waals surface area contributed by atoms with Crippen molar-refractivity contribution in [1.29, 1.82) is 0 Å². The molecule has 4 rings (SSSR count). The Bertz CT molecular complexity index is 1440. The number of aliphatic hydroxyl groups is 1. The van der Waals surface area contributed by atoms with Crippen LogP contribution < -0.4 is 4.74 Å². The van der Waals surface area contributed by atoms with E-state index in [4.69, 9.17) is 9.47 Å². The zero-order valence-electron chi connectivity index (χ0n) is 22.9. The fourth-order valence-corrected chi connectivity index (χ4v) is 4.91. The number of carbonyl (C=O) groups excluding carboxylic acids is 3. The lowest BCUT2D eigenvalue weighted by molar-refractivity contribution is -0.140. The normalized spacial score (nSPS) is 16.6. The SMILES string of the molecule is CCOc1ccc(/C(O)=C2\C(=O)C(=O)N(Cc3ccc(C(=O)OC)cc3)C2c2ccccc2C)cc1C(C)C. The maximum absolute atomic E-state index is 13.5. The summed E-state index contributed by atoms with van der Waals surface area (Å²) in [6, 6.07) is 18.7. The van der Waals surface area contributed by atoms with Crippen LogP contribution in [0, 0.1) is 6.92 Å². The topological polar surface area (TPSA) is 93.1 Å². The summed E-state index contributed by atoms with van der Waals surface area (Å²) in [5.41, 5.74) is 4.13. The van der Waals surface area contributed by atoms with Gasteiger partial charge in [0.25, 0.3) is 11.7 Å². The summed E-state index contributed by atoms with van der Waals surface area (Å²) in [6.45, 7) is 8.49. The first kappa shape index (κ1) is 27.6. The second-order valence-electron chi connectivity index (χ2n) is 9.81. The van der Waals surface area contributed by atoms with Crippen molar-refractivity contribution in [3.8, 4) is 5.75 Å². The molecule has 7 nitrogen and oxygen atoms in total. The second-order valence-corrected chi connectivity index (χ2v) is 9.81. The predicted molar refractivity (Wildman–Crippen MR) is 149 cm³/mol. The Morgan fingerprint density at radius 1 is 1.00 bits per heavy atom. The maximum atomic E-state index is 13.5. The number of nitrogens with zero attached hydrogens (tertiary/aromatic N) is 1. The molecule has 0 aliphatic carbocycles. The van der Waals surface area contributed by atoms with Crippen molar-refractivity contribution in [2.75, 3.05) is 13.7 Å². The molecule has 1 amide bonds. The molecule has 1 aliphatic rings. The van der Waals surface area contributed by atoms with Crippen LogP contribution in [-0.4, -0.2) is 41.4 Å². The van der Waals surface area contributed by atoms with Gasteiger partial charge in [-0.15, -0.1) is 0 Å². The third kappa shape index (κ3) is 5.43. The van der Waals surface area contributed by atoms with Crippen molar-refractivity contribution in [3.05, 3.63) is 106 Å². The lowest BCUT2D eigenvalue weighted by Gasteiger charge is -2.27. The number of amides is 1. The minimum absolute atomic E-state index is 0.0411. The monoisotopic (exact) mass is 527 g/mol. The van der Waals surface area contributed by atoms with Crippen LogP contribution in [0.15, 0.2) is 72.3 Å². The van der Waals surface area contributed by atoms with Crippen LogP contribution in [0.5, 0.6) is 5.75 Å². The Morgan fingerprint density at radius 2 is 1.67 bits per heavy atom. The van der Waals surface area contributed by atoms with Gasteiger partial charge in [-0.2, -0.15) is 0 Å². The summed E-state index contributed by atoms with van der Waals surface area (Å²) >= 11 is 0. The molecular weight excluding hydrogens is 494 g/mol. The van der Waals surface area contributed by atoms with E-state index in [-0.39, 0.29) is 23.8 Å². The van der Waals surface area contributed by atoms with Crippen LogP contribution in [0.4, 0.5) is 0 Å². The molecule has 1 unspecified atom stereocenters. The molecule has 0 bridgehead atoms. The summed E-state index contributed by atoms with van der Waals surface area (Å²) in [4.78, 5) is 40.2. The minimum atomic E-state index is -0.791. The molecule has 1 fully saturated rings. The van der Waals surface area contributed by atoms with Gasteiger partial charge in [-0.1, -0.05) is 50.2 Å². The van der Waals surface area contributed by atoms with E-state index in [1.54, 1.807) is 36.4 Å². The molecule has 0 aromatic heterocycles. The number of ether oxygens (including phenoxy) is 2. The molecule has 3 aromatic rings. The van der Waals surface area contributed by atoms with E-state index >= 15 is 0 Å². The molecule has 7 heteroatoms. The van der Waals surface area contributed by atoms with Gasteiger partial charge >= 0.3 is 5.97 Å². The molecule has 1 atom stereocenters. The van der Waals surface area contributed by atoms with Crippen molar-refractivity contribution in [2.24, 2.45) is 0 Å². The minimum Gasteiger partial charge on any atom is -0.507 e. The highest BCUT2D eigenvalue weighted by Crippen LogP contribution is 2.42. The van der Waals surface area contributed by atoms with Gasteiger partial charge in [-0.05, 0) is 72.4 Å². The van der Waals surface area contributed by atoms with Crippen LogP contribution in [0.1, 0.15) is 70.9 Å². The Kier molecular flexibility index (Phi) is 8.19. The summed E-state index contributed by atoms with van der Waals surface area (Å²) in [5, 5.41) is 11.6. The van der Waals surface area contributed by atoms with Crippen LogP contribution in [0.2, 0.25) is 0 Å². The highest BCUT2D eigenvalue weighted by Gasteiger charge is 2.46. The van der Waals surface area contributed by atoms with Crippen LogP contribution in [0.25, 0.3) is 5.76 Å². The Hall–Kier alpha value is -4.39. The first-order valence-corrected chi connectivity index (χ1v) is 13.0. The summed E-state index contributed by atoms with van der Waals surface area (Å²) in [5.74, 6) is -1.30. The van der Waals surface area contributed by atoms with Crippen LogP contribution >= 0.6 is 0 Å². The zero-order valence-corrected chi connectivity index (χ0v) is 22.9. The lowest BCUT2D eigenvalue weighted by Crippen LogP contribution is -2.29. The van der Waals surface area contributed by atoms with E-state index < -0.39 is 23.7 Å². The van der Waals surface area contributed by atoms with E-state index in [9.17, 15) is 19.5 Å². The van der Waals surface area contributed by atoms with E-state index in [0.717, 1.165) is 28.0 Å². The van der Waals surface area contributed by atoms with Crippen molar-refractivity contribution in [3.63, 3.8) is 0 Å². The fourth-order valence-electron chi connectivity index (χ4n) is 4.91. The maximum Gasteiger partial charge on any atom is 0.337 e. The third-order valence-corrected chi connectivity index (χ3v) is 6.96. The predicted octanol–water partition coefficient (Wildman–Crippen LogP) is 5.93. The Morgan fingerprint density at radius 3 is 2.28 bits per heavy atom. The number of likely N-dealkylation sites (tertiary alicyclic amines) is 1. The highest BCUT2D eigenvalue weighted by atomic mass is 16.5. The molecular formula is C32H33NO6. The second kappa shape index (κ2) is 11.6. The van der Waals surface area contributed by atoms with Gasteiger partial charge in [0.15, 0.2) is 0 Å². The largest absolute Gasteiger partial charge is 0.507 e. The number of Topliss-reactive ketones (excluding diaryl/α,β-unsaturated/α-hetero) is 1. The van der Waals surface area contributed by atoms with Gasteiger partial charge in [-0.25, -0.2) is 4.79 Å². The number of hydrogen-bond acceptors (Lipinski definition) is 6. The van der Waals surface area contributed by atoms with Crippen molar-refractivity contribution < 1.29 is 29.0 Å². The number of esters is 1. The van der Waals surface area contributed by atoms with Crippen molar-refractivity contribution >= 4 is 23.4 Å². The fraction of sp³-hybridized carbons (Fsp3) is 0.281. The Labute approximate surface area is 228 Å². The number of hydrogen-bond donors (Lipinski definition) is 1. The summed E-state index contributed by atoms with van der Waals surface area (Å²) in [7, 11) is 1.31. The molecule has 3 aromatic carbocycles. The molecule has 0 radical (unpaired) electrons. The van der Waals surface area contributed by atoms with Gasteiger partial charge in [0.05, 0.1) is 30.9 Å². The lowest BCUT2D eigenvalue weighted by atomic mass is 9.91.